The third kappa shape index (κ3) is 5.72. The molecule has 12 heteroatoms. The van der Waals surface area contributed by atoms with Crippen LogP contribution >= 0.6 is 23.2 Å². The quantitative estimate of drug-likeness (QED) is 0.291. The summed E-state index contributed by atoms with van der Waals surface area (Å²) in [6.45, 7) is 5.12. The van der Waals surface area contributed by atoms with Gasteiger partial charge in [-0.1, -0.05) is 36.7 Å². The van der Waals surface area contributed by atoms with Crippen LogP contribution in [0.15, 0.2) is 54.7 Å². The number of fused-ring (bicyclic) bond motifs is 4. The van der Waals surface area contributed by atoms with E-state index in [1.165, 1.54) is 11.1 Å². The lowest BCUT2D eigenvalue weighted by molar-refractivity contribution is -0.0546. The number of sulfonamides is 1. The zero-order chi connectivity index (χ0) is 34.0. The number of ether oxygens (including phenoxy) is 1. The van der Waals surface area contributed by atoms with Gasteiger partial charge in [-0.05, 0) is 110 Å². The molecule has 2 aliphatic heterocycles. The Balaban J connectivity index is 1.36. The summed E-state index contributed by atoms with van der Waals surface area (Å²) in [5.41, 5.74) is 2.30. The van der Waals surface area contributed by atoms with Crippen molar-refractivity contribution in [2.75, 3.05) is 24.6 Å². The summed E-state index contributed by atoms with van der Waals surface area (Å²) in [6, 6.07) is 11.3. The van der Waals surface area contributed by atoms with Gasteiger partial charge < -0.3 is 19.3 Å². The monoisotopic (exact) mass is 712 g/mol. The normalized spacial score (nSPS) is 32.2. The number of anilines is 1. The molecule has 2 N–H and O–H groups in total. The minimum Gasteiger partial charge on any atom is -0.490 e. The van der Waals surface area contributed by atoms with Crippen LogP contribution in [0.5, 0.6) is 5.75 Å². The lowest BCUT2D eigenvalue weighted by atomic mass is 9.63. The van der Waals surface area contributed by atoms with Crippen molar-refractivity contribution in [2.24, 2.45) is 24.8 Å². The number of carbonyl (C=O) groups is 1. The van der Waals surface area contributed by atoms with Crippen LogP contribution in [-0.4, -0.2) is 53.9 Å². The van der Waals surface area contributed by atoms with Crippen LogP contribution in [0.25, 0.3) is 0 Å². The van der Waals surface area contributed by atoms with Crippen LogP contribution in [0.1, 0.15) is 73.1 Å². The van der Waals surface area contributed by atoms with Crippen molar-refractivity contribution in [3.8, 4) is 5.75 Å². The van der Waals surface area contributed by atoms with Crippen molar-refractivity contribution in [1.82, 2.24) is 14.3 Å². The first-order valence-electron chi connectivity index (χ1n) is 16.8. The third-order valence-electron chi connectivity index (χ3n) is 11.5. The van der Waals surface area contributed by atoms with Gasteiger partial charge in [-0.3, -0.25) is 4.79 Å². The Morgan fingerprint density at radius 3 is 2.67 bits per heavy atom. The highest BCUT2D eigenvalue weighted by Crippen LogP contribution is 2.51. The van der Waals surface area contributed by atoms with E-state index in [1.54, 1.807) is 49.0 Å². The van der Waals surface area contributed by atoms with Gasteiger partial charge in [-0.25, -0.2) is 18.1 Å². The van der Waals surface area contributed by atoms with Crippen molar-refractivity contribution in [3.63, 3.8) is 0 Å². The summed E-state index contributed by atoms with van der Waals surface area (Å²) in [7, 11) is -2.22. The molecule has 1 spiro atoms. The van der Waals surface area contributed by atoms with Crippen LogP contribution < -0.4 is 14.4 Å². The van der Waals surface area contributed by atoms with Crippen LogP contribution in [0, 0.1) is 17.8 Å². The number of aryl methyl sites for hydroxylation is 1. The molecule has 256 valence electrons. The van der Waals surface area contributed by atoms with Crippen molar-refractivity contribution in [3.05, 3.63) is 87.4 Å². The molecule has 6 atom stereocenters. The van der Waals surface area contributed by atoms with Crippen LogP contribution in [-0.2, 0) is 34.5 Å². The zero-order valence-electron chi connectivity index (χ0n) is 27.5. The van der Waals surface area contributed by atoms with Crippen molar-refractivity contribution >= 4 is 44.8 Å². The predicted molar refractivity (Wildman–Crippen MR) is 187 cm³/mol. The minimum absolute atomic E-state index is 0.0896. The molecular formula is C36H42Cl2N4O5S. The maximum absolute atomic E-state index is 13.5. The number of nitrogens with zero attached hydrogens (tertiary/aromatic N) is 3. The standard InChI is InChI=1S/C36H42Cl2N4O5S/c1-22-6-4-15-36(44,32-18-39-34(38)41(32)3)29-11-8-26(29)19-42-20-35(14-5-7-24-16-27(37)10-12-28(24)35)21-47-31-13-9-25(17-30(31)42)33(43)40-48(45,46)23(22)2/h4,9-10,12-13,15-18,22-23,26,29,44H,5-8,11,14,19-21H2,1-3H3,(H,40,43)/b15-4-/t22-,23+,26-,29+,35-,36+/m0/s1. The van der Waals surface area contributed by atoms with Crippen LogP contribution in [0.3, 0.4) is 0 Å². The highest BCUT2D eigenvalue weighted by atomic mass is 35.5. The average Bonchev–Trinajstić information content (AvgIpc) is 3.29. The van der Waals surface area contributed by atoms with Gasteiger partial charge in [-0.2, -0.15) is 0 Å². The fourth-order valence-corrected chi connectivity index (χ4v) is 9.92. The summed E-state index contributed by atoms with van der Waals surface area (Å²) in [6.07, 6.45) is 10.2. The molecule has 2 aromatic carbocycles. The van der Waals surface area contributed by atoms with E-state index >= 15 is 0 Å². The molecule has 0 unspecified atom stereocenters. The third-order valence-corrected chi connectivity index (χ3v) is 14.0. The topological polar surface area (TPSA) is 114 Å². The number of aliphatic hydroxyl groups is 1. The van der Waals surface area contributed by atoms with Gasteiger partial charge in [-0.15, -0.1) is 0 Å². The first-order chi connectivity index (χ1) is 22.8. The number of carbonyl (C=O) groups excluding carboxylic acids is 1. The van der Waals surface area contributed by atoms with E-state index in [1.807, 2.05) is 19.1 Å². The van der Waals surface area contributed by atoms with E-state index in [-0.39, 0.29) is 34.0 Å². The molecule has 0 radical (unpaired) electrons. The van der Waals surface area contributed by atoms with Gasteiger partial charge in [0.05, 0.1) is 29.4 Å². The van der Waals surface area contributed by atoms with Crippen LogP contribution in [0.2, 0.25) is 10.3 Å². The lowest BCUT2D eigenvalue weighted by Crippen LogP contribution is -2.52. The smallest absolute Gasteiger partial charge is 0.264 e. The second-order valence-corrected chi connectivity index (χ2v) is 17.1. The van der Waals surface area contributed by atoms with E-state index in [4.69, 9.17) is 27.9 Å². The molecule has 1 fully saturated rings. The summed E-state index contributed by atoms with van der Waals surface area (Å²) in [5.74, 6) is -0.430. The molecule has 9 nitrogen and oxygen atoms in total. The van der Waals surface area contributed by atoms with Gasteiger partial charge in [0, 0.05) is 42.1 Å². The van der Waals surface area contributed by atoms with E-state index in [9.17, 15) is 18.3 Å². The highest BCUT2D eigenvalue weighted by molar-refractivity contribution is 7.90. The maximum Gasteiger partial charge on any atom is 0.264 e. The molecule has 3 aromatic rings. The number of nitrogens with one attached hydrogen (secondary N) is 1. The molecule has 0 saturated heterocycles. The number of benzene rings is 2. The zero-order valence-corrected chi connectivity index (χ0v) is 29.8. The number of aromatic nitrogens is 2. The second kappa shape index (κ2) is 12.4. The van der Waals surface area contributed by atoms with E-state index in [0.29, 0.717) is 42.6 Å². The van der Waals surface area contributed by atoms with Gasteiger partial charge in [0.1, 0.15) is 11.4 Å². The van der Waals surface area contributed by atoms with E-state index in [2.05, 4.69) is 26.7 Å². The molecule has 2 aliphatic carbocycles. The number of hydrogen-bond donors (Lipinski definition) is 2. The molecule has 3 heterocycles. The lowest BCUT2D eigenvalue weighted by Gasteiger charge is -2.49. The fraction of sp³-hybridized carbons (Fsp3) is 0.500. The number of rotatable bonds is 1. The SMILES string of the molecule is C[C@@H]1[C@@H](C)C/C=C\[C@](O)(c2cnc(Cl)n2C)[C@@H]2CC[C@H]2CN2C[C@@]3(CCCc4cc(Cl)ccc43)COc3ccc(cc32)C(=O)NS1(=O)=O. The predicted octanol–water partition coefficient (Wildman–Crippen LogP) is 6.16. The average molecular weight is 714 g/mol. The summed E-state index contributed by atoms with van der Waals surface area (Å²) in [4.78, 5) is 20.1. The van der Waals surface area contributed by atoms with Crippen molar-refractivity contribution < 1.29 is 23.1 Å². The summed E-state index contributed by atoms with van der Waals surface area (Å²) in [5, 5.41) is 12.7. The Labute approximate surface area is 292 Å². The first-order valence-corrected chi connectivity index (χ1v) is 19.1. The van der Waals surface area contributed by atoms with Crippen LogP contribution in [0.4, 0.5) is 5.69 Å². The first kappa shape index (κ1) is 33.4. The minimum atomic E-state index is -4.01. The number of imidazole rings is 1. The number of amides is 1. The highest BCUT2D eigenvalue weighted by Gasteiger charge is 2.50. The Morgan fingerprint density at radius 2 is 1.94 bits per heavy atom. The van der Waals surface area contributed by atoms with Gasteiger partial charge >= 0.3 is 0 Å². The molecular weight excluding hydrogens is 671 g/mol. The summed E-state index contributed by atoms with van der Waals surface area (Å²) < 4.78 is 37.5. The number of allylic oxidation sites excluding steroid dienone is 1. The largest absolute Gasteiger partial charge is 0.490 e. The Hall–Kier alpha value is -3.05. The van der Waals surface area contributed by atoms with Gasteiger partial charge in [0.2, 0.25) is 15.3 Å². The van der Waals surface area contributed by atoms with Gasteiger partial charge in [0.25, 0.3) is 5.91 Å². The Bertz CT molecular complexity index is 1900. The maximum atomic E-state index is 13.5. The summed E-state index contributed by atoms with van der Waals surface area (Å²) >= 11 is 12.8. The van der Waals surface area contributed by atoms with Crippen molar-refractivity contribution in [2.45, 2.75) is 68.6 Å². The molecule has 1 saturated carbocycles. The Morgan fingerprint density at radius 1 is 1.12 bits per heavy atom. The molecule has 4 aliphatic rings. The van der Waals surface area contributed by atoms with Gasteiger partial charge in [0.15, 0.2) is 0 Å². The number of hydrogen-bond acceptors (Lipinski definition) is 7. The number of halogens is 2. The second-order valence-electron chi connectivity index (χ2n) is 14.3. The molecule has 2 bridgehead atoms. The van der Waals surface area contributed by atoms with E-state index in [0.717, 1.165) is 37.8 Å². The molecule has 48 heavy (non-hydrogen) atoms. The van der Waals surface area contributed by atoms with E-state index < -0.39 is 26.8 Å². The fourth-order valence-electron chi connectivity index (χ4n) is 8.30. The molecule has 1 amide bonds. The molecule has 1 aromatic heterocycles. The Kier molecular flexibility index (Phi) is 8.62. The molecule has 7 rings (SSSR count). The van der Waals surface area contributed by atoms with Crippen molar-refractivity contribution in [1.29, 1.82) is 0 Å².